The minimum Gasteiger partial charge on any atom is -0.454 e. The van der Waals surface area contributed by atoms with E-state index in [0.717, 1.165) is 89.3 Å². The Balaban J connectivity index is 0.000000142. The second-order valence-electron chi connectivity index (χ2n) is 11.2. The summed E-state index contributed by atoms with van der Waals surface area (Å²) in [4.78, 5) is 22.7. The van der Waals surface area contributed by atoms with E-state index < -0.39 is 0 Å². The first-order valence-corrected chi connectivity index (χ1v) is 15.1. The number of benzene rings is 2. The molecule has 8 rings (SSSR count). The van der Waals surface area contributed by atoms with E-state index in [2.05, 4.69) is 47.3 Å². The zero-order chi connectivity index (χ0) is 29.9. The van der Waals surface area contributed by atoms with Gasteiger partial charge in [0.05, 0.1) is 0 Å². The molecule has 2 saturated heterocycles. The second-order valence-corrected chi connectivity index (χ2v) is 11.2. The Bertz CT molecular complexity index is 1640. The van der Waals surface area contributed by atoms with E-state index >= 15 is 0 Å². The van der Waals surface area contributed by atoms with E-state index in [0.29, 0.717) is 5.95 Å². The molecule has 12 nitrogen and oxygen atoms in total. The van der Waals surface area contributed by atoms with Gasteiger partial charge in [0.15, 0.2) is 23.0 Å². The van der Waals surface area contributed by atoms with Gasteiger partial charge in [0, 0.05) is 73.2 Å². The average molecular weight is 597 g/mol. The molecule has 0 unspecified atom stereocenters. The fourth-order valence-electron chi connectivity index (χ4n) is 5.59. The summed E-state index contributed by atoms with van der Waals surface area (Å²) in [6.07, 6.45) is 8.62. The molecule has 4 aliphatic heterocycles. The van der Waals surface area contributed by atoms with Crippen LogP contribution in [0.1, 0.15) is 36.8 Å². The van der Waals surface area contributed by atoms with Gasteiger partial charge in [-0.05, 0) is 63.8 Å². The van der Waals surface area contributed by atoms with Gasteiger partial charge in [-0.15, -0.1) is 0 Å². The van der Waals surface area contributed by atoms with Crippen molar-refractivity contribution in [2.75, 3.05) is 60.2 Å². The number of anilines is 6. The minimum atomic E-state index is 0.277. The molecule has 0 saturated carbocycles. The number of hydrogen-bond donors (Lipinski definition) is 2. The van der Waals surface area contributed by atoms with Crippen LogP contribution >= 0.6 is 0 Å². The maximum absolute atomic E-state index is 5.41. The molecule has 0 radical (unpaired) electrons. The summed E-state index contributed by atoms with van der Waals surface area (Å²) in [5, 5.41) is 6.59. The highest BCUT2D eigenvalue weighted by atomic mass is 16.7. The van der Waals surface area contributed by atoms with Crippen LogP contribution in [0.25, 0.3) is 0 Å². The quantitative estimate of drug-likeness (QED) is 0.284. The maximum atomic E-state index is 5.41. The summed E-state index contributed by atoms with van der Waals surface area (Å²) in [7, 11) is 0. The zero-order valence-corrected chi connectivity index (χ0v) is 25.0. The molecule has 6 heterocycles. The highest BCUT2D eigenvalue weighted by Gasteiger charge is 2.19. The molecule has 228 valence electrons. The van der Waals surface area contributed by atoms with Crippen LogP contribution < -0.4 is 39.4 Å². The normalized spacial score (nSPS) is 16.1. The monoisotopic (exact) mass is 596 g/mol. The third kappa shape index (κ3) is 6.05. The van der Waals surface area contributed by atoms with Crippen LogP contribution in [-0.2, 0) is 0 Å². The molecule has 44 heavy (non-hydrogen) atoms. The molecule has 2 aromatic carbocycles. The number of fused-ring (bicyclic) bond motifs is 2. The van der Waals surface area contributed by atoms with Gasteiger partial charge in [0.2, 0.25) is 25.5 Å². The van der Waals surface area contributed by atoms with Gasteiger partial charge in [-0.25, -0.2) is 9.97 Å². The van der Waals surface area contributed by atoms with Crippen LogP contribution in [0.15, 0.2) is 48.8 Å². The van der Waals surface area contributed by atoms with Crippen molar-refractivity contribution < 1.29 is 18.9 Å². The fraction of sp³-hybridized carbons (Fsp3) is 0.375. The Hall–Kier alpha value is -5.00. The summed E-state index contributed by atoms with van der Waals surface area (Å²) in [6, 6.07) is 11.5. The fourth-order valence-corrected chi connectivity index (χ4v) is 5.59. The Labute approximate surface area is 256 Å². The van der Waals surface area contributed by atoms with Crippen LogP contribution in [0.2, 0.25) is 0 Å². The highest BCUT2D eigenvalue weighted by Crippen LogP contribution is 2.36. The molecular formula is C32H36N8O4. The number of nitrogens with one attached hydrogen (secondary N) is 2. The first-order valence-electron chi connectivity index (χ1n) is 15.1. The zero-order valence-electron chi connectivity index (χ0n) is 25.0. The van der Waals surface area contributed by atoms with Crippen molar-refractivity contribution in [1.82, 2.24) is 19.9 Å². The summed E-state index contributed by atoms with van der Waals surface area (Å²) in [5.41, 5.74) is 3.94. The van der Waals surface area contributed by atoms with Gasteiger partial charge in [0.1, 0.15) is 11.6 Å². The molecule has 0 bridgehead atoms. The maximum Gasteiger partial charge on any atom is 0.231 e. The lowest BCUT2D eigenvalue weighted by Gasteiger charge is -2.19. The van der Waals surface area contributed by atoms with Crippen molar-refractivity contribution >= 4 is 34.9 Å². The van der Waals surface area contributed by atoms with Crippen LogP contribution in [0, 0.1) is 13.8 Å². The molecule has 4 aliphatic rings. The summed E-state index contributed by atoms with van der Waals surface area (Å²) in [6.45, 7) is 8.83. The van der Waals surface area contributed by atoms with Crippen LogP contribution in [-0.4, -0.2) is 59.7 Å². The standard InChI is InChI=1S/2C16H18N4O2/c1-11-9-17-16(19-15(11)20-6-2-3-7-20)18-12-4-5-13-14(8-12)22-10-21-13;1-11-9-17-16(20-6-2-3-7-20)19-15(11)18-12-4-5-13-14(8-12)22-10-21-13/h2*4-5,8-9H,2-3,6-7,10H2,1H3,(H,17,18,19). The Morgan fingerprint density at radius 3 is 1.84 bits per heavy atom. The summed E-state index contributed by atoms with van der Waals surface area (Å²) < 4.78 is 21.4. The Morgan fingerprint density at radius 2 is 1.18 bits per heavy atom. The Morgan fingerprint density at radius 1 is 0.614 bits per heavy atom. The molecular weight excluding hydrogens is 560 g/mol. The number of rotatable bonds is 6. The van der Waals surface area contributed by atoms with E-state index in [1.807, 2.05) is 55.7 Å². The third-order valence-electron chi connectivity index (χ3n) is 7.96. The van der Waals surface area contributed by atoms with E-state index in [-0.39, 0.29) is 13.6 Å². The second kappa shape index (κ2) is 12.3. The molecule has 2 N–H and O–H groups in total. The minimum absolute atomic E-state index is 0.277. The van der Waals surface area contributed by atoms with Gasteiger partial charge < -0.3 is 39.4 Å². The van der Waals surface area contributed by atoms with Crippen molar-refractivity contribution in [3.8, 4) is 23.0 Å². The number of hydrogen-bond acceptors (Lipinski definition) is 12. The third-order valence-corrected chi connectivity index (χ3v) is 7.96. The smallest absolute Gasteiger partial charge is 0.231 e. The van der Waals surface area contributed by atoms with Crippen LogP contribution in [0.5, 0.6) is 23.0 Å². The topological polar surface area (TPSA) is 119 Å². The number of nitrogens with zero attached hydrogens (tertiary/aromatic N) is 6. The highest BCUT2D eigenvalue weighted by molar-refractivity contribution is 5.64. The van der Waals surface area contributed by atoms with Gasteiger partial charge in [-0.3, -0.25) is 0 Å². The molecule has 0 amide bonds. The van der Waals surface area contributed by atoms with Gasteiger partial charge in [0.25, 0.3) is 0 Å². The van der Waals surface area contributed by atoms with E-state index in [9.17, 15) is 0 Å². The van der Waals surface area contributed by atoms with E-state index in [1.165, 1.54) is 25.7 Å². The largest absolute Gasteiger partial charge is 0.454 e. The molecule has 0 atom stereocenters. The van der Waals surface area contributed by atoms with Gasteiger partial charge in [-0.1, -0.05) is 0 Å². The van der Waals surface area contributed by atoms with Crippen molar-refractivity contribution in [2.24, 2.45) is 0 Å². The number of ether oxygens (including phenoxy) is 4. The average Bonchev–Trinajstić information content (AvgIpc) is 3.87. The molecule has 0 spiro atoms. The molecule has 4 aromatic rings. The van der Waals surface area contributed by atoms with E-state index in [1.54, 1.807) is 0 Å². The number of aromatic nitrogens is 4. The van der Waals surface area contributed by atoms with Gasteiger partial charge >= 0.3 is 0 Å². The predicted molar refractivity (Wildman–Crippen MR) is 168 cm³/mol. The lowest BCUT2D eigenvalue weighted by molar-refractivity contribution is 0.173. The van der Waals surface area contributed by atoms with Crippen molar-refractivity contribution in [2.45, 2.75) is 39.5 Å². The summed E-state index contributed by atoms with van der Waals surface area (Å²) >= 11 is 0. The van der Waals surface area contributed by atoms with Gasteiger partial charge in [-0.2, -0.15) is 9.97 Å². The van der Waals surface area contributed by atoms with Crippen molar-refractivity contribution in [3.05, 3.63) is 59.9 Å². The van der Waals surface area contributed by atoms with Crippen LogP contribution in [0.3, 0.4) is 0 Å². The first-order chi connectivity index (χ1) is 21.6. The molecule has 0 aliphatic carbocycles. The number of aryl methyl sites for hydroxylation is 2. The lowest BCUT2D eigenvalue weighted by atomic mass is 10.2. The SMILES string of the molecule is Cc1cnc(N2CCCC2)nc1Nc1ccc2c(c1)OCO2.Cc1cnc(Nc2ccc3c(c2)OCO3)nc1N1CCCC1. The van der Waals surface area contributed by atoms with Crippen molar-refractivity contribution in [3.63, 3.8) is 0 Å². The lowest BCUT2D eigenvalue weighted by Crippen LogP contribution is -2.20. The van der Waals surface area contributed by atoms with E-state index in [4.69, 9.17) is 18.9 Å². The molecule has 2 aromatic heterocycles. The molecule has 12 heteroatoms. The predicted octanol–water partition coefficient (Wildman–Crippen LogP) is 5.72. The van der Waals surface area contributed by atoms with Crippen LogP contribution in [0.4, 0.5) is 34.9 Å². The van der Waals surface area contributed by atoms with Crippen molar-refractivity contribution in [1.29, 1.82) is 0 Å². The molecule has 2 fully saturated rings. The summed E-state index contributed by atoms with van der Waals surface area (Å²) in [5.74, 6) is 6.31. The Kier molecular flexibility index (Phi) is 7.78. The first kappa shape index (κ1) is 27.8.